The molecule has 1 atom stereocenters. The number of carbonyl (C=O) groups excluding carboxylic acids is 2. The molecule has 28 heavy (non-hydrogen) atoms. The van der Waals surface area contributed by atoms with E-state index in [4.69, 9.17) is 0 Å². The summed E-state index contributed by atoms with van der Waals surface area (Å²) < 4.78 is 1.73. The van der Waals surface area contributed by atoms with E-state index in [9.17, 15) is 14.4 Å². The molecular weight excluding hydrogens is 374 g/mol. The number of benzene rings is 1. The lowest BCUT2D eigenvalue weighted by atomic mass is 9.98. The molecule has 0 fully saturated rings. The number of hydrogen-bond donors (Lipinski definition) is 1. The third-order valence-electron chi connectivity index (χ3n) is 4.54. The first-order chi connectivity index (χ1) is 13.1. The Morgan fingerprint density at radius 1 is 1.29 bits per heavy atom. The van der Waals surface area contributed by atoms with Crippen LogP contribution in [0.4, 0.5) is 0 Å². The van der Waals surface area contributed by atoms with Crippen molar-refractivity contribution in [3.63, 3.8) is 0 Å². The predicted molar refractivity (Wildman–Crippen MR) is 114 cm³/mol. The molecule has 2 aromatic rings. The van der Waals surface area contributed by atoms with E-state index in [1.165, 1.54) is 18.7 Å². The molecule has 1 N–H and O–H groups in total. The number of nitrogens with one attached hydrogen (secondary N) is 1. The molecule has 0 radical (unpaired) electrons. The van der Waals surface area contributed by atoms with Gasteiger partial charge in [-0.15, -0.1) is 0 Å². The zero-order valence-corrected chi connectivity index (χ0v) is 18.1. The largest absolute Gasteiger partial charge is 0.351 e. The maximum Gasteiger partial charge on any atom is 0.262 e. The van der Waals surface area contributed by atoms with E-state index in [1.54, 1.807) is 10.6 Å². The number of ketones is 1. The van der Waals surface area contributed by atoms with Crippen LogP contribution in [-0.2, 0) is 9.59 Å². The van der Waals surface area contributed by atoms with Gasteiger partial charge in [-0.2, -0.15) is 0 Å². The summed E-state index contributed by atoms with van der Waals surface area (Å²) in [5, 5.41) is 4.14. The summed E-state index contributed by atoms with van der Waals surface area (Å²) in [6.07, 6.45) is 1.40. The Hall–Kier alpha value is -2.15. The van der Waals surface area contributed by atoms with Crippen molar-refractivity contribution in [2.45, 2.75) is 70.6 Å². The minimum Gasteiger partial charge on any atom is -0.351 e. The molecule has 0 saturated heterocycles. The van der Waals surface area contributed by atoms with Gasteiger partial charge >= 0.3 is 0 Å². The summed E-state index contributed by atoms with van der Waals surface area (Å²) in [6.45, 7) is 9.23. The van der Waals surface area contributed by atoms with Gasteiger partial charge in [0.25, 0.3) is 5.56 Å². The Kier molecular flexibility index (Phi) is 7.41. The number of Topliss-reactive ketones (excluding diaryl/α,β-unsaturated/α-hetero) is 1. The van der Waals surface area contributed by atoms with Crippen LogP contribution in [0, 0.1) is 0 Å². The Morgan fingerprint density at radius 3 is 2.61 bits per heavy atom. The molecule has 0 bridgehead atoms. The van der Waals surface area contributed by atoms with E-state index in [0.717, 1.165) is 6.42 Å². The van der Waals surface area contributed by atoms with Crippen molar-refractivity contribution in [3.05, 3.63) is 34.6 Å². The summed E-state index contributed by atoms with van der Waals surface area (Å²) in [7, 11) is 0. The molecule has 0 aliphatic carbocycles. The fourth-order valence-electron chi connectivity index (χ4n) is 3.14. The lowest BCUT2D eigenvalue weighted by molar-refractivity contribution is -0.123. The molecule has 1 heterocycles. The van der Waals surface area contributed by atoms with E-state index in [1.807, 2.05) is 45.9 Å². The molecule has 6 nitrogen and oxygen atoms in total. The monoisotopic (exact) mass is 403 g/mol. The zero-order valence-electron chi connectivity index (χ0n) is 17.2. The lowest BCUT2D eigenvalue weighted by Crippen LogP contribution is -2.44. The second-order valence-electron chi connectivity index (χ2n) is 7.75. The standard InChI is InChI=1S/C21H29N3O3S/c1-6-14(2)24-19(27)16-9-7-8-10-17(16)22-20(24)28-12-11-18(26)23-21(4,5)13-15(3)25/h7-10,14H,6,11-13H2,1-5H3,(H,23,26)/t14-/m0/s1. The van der Waals surface area contributed by atoms with Crippen LogP contribution in [0.1, 0.15) is 59.9 Å². The van der Waals surface area contributed by atoms with Gasteiger partial charge in [-0.3, -0.25) is 19.0 Å². The highest BCUT2D eigenvalue weighted by atomic mass is 32.2. The van der Waals surface area contributed by atoms with Crippen LogP contribution in [0.2, 0.25) is 0 Å². The number of thioether (sulfide) groups is 1. The molecule has 0 aliphatic rings. The topological polar surface area (TPSA) is 81.1 Å². The summed E-state index contributed by atoms with van der Waals surface area (Å²) in [5.74, 6) is 0.429. The van der Waals surface area contributed by atoms with Crippen molar-refractivity contribution >= 4 is 34.4 Å². The number of aromatic nitrogens is 2. The van der Waals surface area contributed by atoms with E-state index < -0.39 is 5.54 Å². The highest BCUT2D eigenvalue weighted by Gasteiger charge is 2.22. The maximum absolute atomic E-state index is 12.9. The highest BCUT2D eigenvalue weighted by Crippen LogP contribution is 2.23. The van der Waals surface area contributed by atoms with Gasteiger partial charge in [0.05, 0.1) is 10.9 Å². The average Bonchev–Trinajstić information content (AvgIpc) is 2.59. The number of amides is 1. The Bertz CT molecular complexity index is 921. The molecule has 1 aromatic heterocycles. The first kappa shape index (κ1) is 22.1. The van der Waals surface area contributed by atoms with Crippen LogP contribution in [0.25, 0.3) is 10.9 Å². The smallest absolute Gasteiger partial charge is 0.262 e. The summed E-state index contributed by atoms with van der Waals surface area (Å²) in [6, 6.07) is 7.35. The summed E-state index contributed by atoms with van der Waals surface area (Å²) >= 11 is 1.41. The fourth-order valence-corrected chi connectivity index (χ4v) is 4.17. The van der Waals surface area contributed by atoms with Gasteiger partial charge < -0.3 is 5.32 Å². The van der Waals surface area contributed by atoms with Crippen LogP contribution in [0.5, 0.6) is 0 Å². The molecular formula is C21H29N3O3S. The first-order valence-corrected chi connectivity index (χ1v) is 10.6. The van der Waals surface area contributed by atoms with Crippen molar-refractivity contribution in [2.75, 3.05) is 5.75 Å². The van der Waals surface area contributed by atoms with Crippen LogP contribution in [0.3, 0.4) is 0 Å². The van der Waals surface area contributed by atoms with Gasteiger partial charge in [0, 0.05) is 30.2 Å². The van der Waals surface area contributed by atoms with Crippen LogP contribution >= 0.6 is 11.8 Å². The Balaban J connectivity index is 2.14. The summed E-state index contributed by atoms with van der Waals surface area (Å²) in [5.41, 5.74) is 0.0595. The molecule has 1 aromatic carbocycles. The molecule has 2 rings (SSSR count). The van der Waals surface area contributed by atoms with Crippen LogP contribution in [-0.4, -0.2) is 32.5 Å². The first-order valence-electron chi connectivity index (χ1n) is 9.59. The number of fused-ring (bicyclic) bond motifs is 1. The molecule has 7 heteroatoms. The lowest BCUT2D eigenvalue weighted by Gasteiger charge is -2.25. The molecule has 0 unspecified atom stereocenters. The van der Waals surface area contributed by atoms with Gasteiger partial charge in [0.1, 0.15) is 5.78 Å². The normalized spacial score (nSPS) is 12.8. The maximum atomic E-state index is 12.9. The number of carbonyl (C=O) groups is 2. The second kappa shape index (κ2) is 9.37. The van der Waals surface area contributed by atoms with Crippen molar-refractivity contribution < 1.29 is 9.59 Å². The van der Waals surface area contributed by atoms with Crippen molar-refractivity contribution in [3.8, 4) is 0 Å². The predicted octanol–water partition coefficient (Wildman–Crippen LogP) is 3.72. The number of para-hydroxylation sites is 1. The molecule has 0 saturated carbocycles. The number of rotatable bonds is 9. The second-order valence-corrected chi connectivity index (χ2v) is 8.82. The molecule has 152 valence electrons. The molecule has 0 aliphatic heterocycles. The van der Waals surface area contributed by atoms with Crippen molar-refractivity contribution in [2.24, 2.45) is 0 Å². The third-order valence-corrected chi connectivity index (χ3v) is 5.49. The van der Waals surface area contributed by atoms with Crippen LogP contribution in [0.15, 0.2) is 34.2 Å². The van der Waals surface area contributed by atoms with Gasteiger partial charge in [0.15, 0.2) is 5.16 Å². The Labute approximate surface area is 170 Å². The number of nitrogens with zero attached hydrogens (tertiary/aromatic N) is 2. The summed E-state index contributed by atoms with van der Waals surface area (Å²) in [4.78, 5) is 41.2. The SMILES string of the molecule is CC[C@H](C)n1c(SCCC(=O)NC(C)(C)CC(C)=O)nc2ccccc2c1=O. The highest BCUT2D eigenvalue weighted by molar-refractivity contribution is 7.99. The van der Waals surface area contributed by atoms with Gasteiger partial charge in [-0.25, -0.2) is 4.98 Å². The average molecular weight is 404 g/mol. The minimum absolute atomic E-state index is 0.0235. The van der Waals surface area contributed by atoms with E-state index in [2.05, 4.69) is 10.3 Å². The van der Waals surface area contributed by atoms with E-state index >= 15 is 0 Å². The quantitative estimate of drug-likeness (QED) is 0.510. The molecule has 1 amide bonds. The molecule has 0 spiro atoms. The van der Waals surface area contributed by atoms with Gasteiger partial charge in [0.2, 0.25) is 5.91 Å². The van der Waals surface area contributed by atoms with Crippen LogP contribution < -0.4 is 10.9 Å². The Morgan fingerprint density at radius 2 is 1.96 bits per heavy atom. The van der Waals surface area contributed by atoms with E-state index in [0.29, 0.717) is 28.2 Å². The van der Waals surface area contributed by atoms with Gasteiger partial charge in [-0.05, 0) is 46.2 Å². The fraction of sp³-hybridized carbons (Fsp3) is 0.524. The van der Waals surface area contributed by atoms with Gasteiger partial charge in [-0.1, -0.05) is 30.8 Å². The van der Waals surface area contributed by atoms with Crippen molar-refractivity contribution in [1.29, 1.82) is 0 Å². The van der Waals surface area contributed by atoms with Crippen molar-refractivity contribution in [1.82, 2.24) is 14.9 Å². The van der Waals surface area contributed by atoms with E-state index in [-0.39, 0.29) is 29.7 Å². The third kappa shape index (κ3) is 5.67. The minimum atomic E-state index is -0.562. The zero-order chi connectivity index (χ0) is 20.9. The number of hydrogen-bond acceptors (Lipinski definition) is 5.